The van der Waals surface area contributed by atoms with E-state index in [9.17, 15) is 9.18 Å². The third-order valence-corrected chi connectivity index (χ3v) is 7.32. The zero-order valence-electron chi connectivity index (χ0n) is 20.9. The van der Waals surface area contributed by atoms with Gasteiger partial charge in [0.2, 0.25) is 0 Å². The Morgan fingerprint density at radius 3 is 2.66 bits per heavy atom. The van der Waals surface area contributed by atoms with Gasteiger partial charge < -0.3 is 24.8 Å². The van der Waals surface area contributed by atoms with Gasteiger partial charge >= 0.3 is 0 Å². The smallest absolute Gasteiger partial charge is 0.254 e. The third kappa shape index (κ3) is 4.87. The van der Waals surface area contributed by atoms with Gasteiger partial charge in [-0.15, -0.1) is 0 Å². The number of hydrogen-bond acceptors (Lipinski definition) is 4. The Balaban J connectivity index is 1.55. The molecule has 0 unspecified atom stereocenters. The number of amides is 1. The number of ether oxygens (including phenoxy) is 1. The van der Waals surface area contributed by atoms with Gasteiger partial charge in [-0.3, -0.25) is 4.79 Å². The Morgan fingerprint density at radius 2 is 1.94 bits per heavy atom. The van der Waals surface area contributed by atoms with Crippen molar-refractivity contribution in [1.29, 1.82) is 0 Å². The van der Waals surface area contributed by atoms with Gasteiger partial charge in [0, 0.05) is 67.5 Å². The molecule has 2 fully saturated rings. The minimum absolute atomic E-state index is 0.0697. The molecule has 0 atom stereocenters. The molecule has 1 amide bonds. The fraction of sp³-hybridized carbons (Fsp3) is 0.464. The highest BCUT2D eigenvalue weighted by atomic mass is 19.1. The second-order valence-corrected chi connectivity index (χ2v) is 9.77. The van der Waals surface area contributed by atoms with Crippen molar-refractivity contribution in [3.63, 3.8) is 0 Å². The fourth-order valence-corrected chi connectivity index (χ4v) is 5.03. The van der Waals surface area contributed by atoms with Crippen LogP contribution in [0.5, 0.6) is 5.75 Å². The van der Waals surface area contributed by atoms with Crippen molar-refractivity contribution >= 4 is 22.5 Å². The lowest BCUT2D eigenvalue weighted by molar-refractivity contribution is 0.0736. The highest BCUT2D eigenvalue weighted by Gasteiger charge is 2.26. The number of anilines is 1. The summed E-state index contributed by atoms with van der Waals surface area (Å²) in [6.07, 6.45) is 2.54. The number of benzene rings is 2. The van der Waals surface area contributed by atoms with Crippen LogP contribution in [-0.2, 0) is 13.1 Å². The number of nitrogens with one attached hydrogen (secondary N) is 2. The first-order valence-electron chi connectivity index (χ1n) is 12.7. The number of aromatic nitrogens is 1. The van der Waals surface area contributed by atoms with E-state index in [0.717, 1.165) is 47.7 Å². The topological polar surface area (TPSA) is 58.5 Å². The normalized spacial score (nSPS) is 16.1. The lowest BCUT2D eigenvalue weighted by Gasteiger charge is -2.27. The average Bonchev–Trinajstić information content (AvgIpc) is 3.66. The fourth-order valence-electron chi connectivity index (χ4n) is 5.03. The second-order valence-electron chi connectivity index (χ2n) is 9.77. The van der Waals surface area contributed by atoms with Crippen molar-refractivity contribution in [2.24, 2.45) is 5.92 Å². The number of aryl methyl sites for hydroxylation is 1. The predicted molar refractivity (Wildman–Crippen MR) is 138 cm³/mol. The number of carbonyl (C=O) groups is 1. The summed E-state index contributed by atoms with van der Waals surface area (Å²) in [5, 5.41) is 8.03. The van der Waals surface area contributed by atoms with Gasteiger partial charge in [-0.1, -0.05) is 6.07 Å². The SMILES string of the molecule is CCOc1cc(F)ccc1CNc1cc(C(=O)N2CCNCC2)cc2c(C)c(C)n(CC3CC3)c12. The molecule has 3 aromatic rings. The van der Waals surface area contributed by atoms with Crippen LogP contribution in [0.2, 0.25) is 0 Å². The molecule has 2 aromatic carbocycles. The first kappa shape index (κ1) is 23.7. The Morgan fingerprint density at radius 1 is 1.17 bits per heavy atom. The zero-order chi connectivity index (χ0) is 24.5. The van der Waals surface area contributed by atoms with Crippen LogP contribution in [0.1, 0.15) is 46.9 Å². The van der Waals surface area contributed by atoms with E-state index >= 15 is 0 Å². The van der Waals surface area contributed by atoms with E-state index in [1.54, 1.807) is 6.07 Å². The molecule has 1 aliphatic carbocycles. The number of piperazine rings is 1. The van der Waals surface area contributed by atoms with Crippen LogP contribution in [0.4, 0.5) is 10.1 Å². The maximum atomic E-state index is 13.8. The molecule has 35 heavy (non-hydrogen) atoms. The minimum Gasteiger partial charge on any atom is -0.493 e. The molecule has 0 radical (unpaired) electrons. The summed E-state index contributed by atoms with van der Waals surface area (Å²) in [5.41, 5.74) is 6.13. The predicted octanol–water partition coefficient (Wildman–Crippen LogP) is 4.86. The van der Waals surface area contributed by atoms with Gasteiger partial charge in [0.15, 0.2) is 0 Å². The number of fused-ring (bicyclic) bond motifs is 1. The Kier molecular flexibility index (Phi) is 6.69. The Bertz CT molecular complexity index is 1240. The largest absolute Gasteiger partial charge is 0.493 e. The van der Waals surface area contributed by atoms with Gasteiger partial charge in [-0.05, 0) is 63.3 Å². The maximum Gasteiger partial charge on any atom is 0.254 e. The lowest BCUT2D eigenvalue weighted by atomic mass is 10.1. The molecule has 1 aromatic heterocycles. The third-order valence-electron chi connectivity index (χ3n) is 7.32. The molecule has 0 spiro atoms. The molecule has 1 saturated carbocycles. The van der Waals surface area contributed by atoms with E-state index in [0.29, 0.717) is 37.6 Å². The van der Waals surface area contributed by atoms with E-state index in [1.807, 2.05) is 17.9 Å². The quantitative estimate of drug-likeness (QED) is 0.485. The zero-order valence-corrected chi connectivity index (χ0v) is 20.9. The van der Waals surface area contributed by atoms with Crippen LogP contribution < -0.4 is 15.4 Å². The minimum atomic E-state index is -0.312. The van der Waals surface area contributed by atoms with Crippen LogP contribution >= 0.6 is 0 Å². The van der Waals surface area contributed by atoms with Crippen molar-refractivity contribution in [1.82, 2.24) is 14.8 Å². The van der Waals surface area contributed by atoms with Crippen molar-refractivity contribution in [2.45, 2.75) is 46.7 Å². The maximum absolute atomic E-state index is 13.8. The second kappa shape index (κ2) is 9.90. The first-order valence-corrected chi connectivity index (χ1v) is 12.7. The Hall–Kier alpha value is -3.06. The van der Waals surface area contributed by atoms with Gasteiger partial charge in [-0.2, -0.15) is 0 Å². The number of rotatable bonds is 8. The highest BCUT2D eigenvalue weighted by molar-refractivity contribution is 6.04. The molecular weight excluding hydrogens is 443 g/mol. The number of nitrogens with zero attached hydrogens (tertiary/aromatic N) is 2. The molecule has 1 saturated heterocycles. The van der Waals surface area contributed by atoms with Crippen molar-refractivity contribution in [3.05, 3.63) is 58.5 Å². The van der Waals surface area contributed by atoms with E-state index in [2.05, 4.69) is 35.1 Å². The average molecular weight is 479 g/mol. The molecule has 2 N–H and O–H groups in total. The molecule has 7 heteroatoms. The molecule has 5 rings (SSSR count). The monoisotopic (exact) mass is 478 g/mol. The van der Waals surface area contributed by atoms with E-state index in [1.165, 1.54) is 36.2 Å². The molecule has 6 nitrogen and oxygen atoms in total. The van der Waals surface area contributed by atoms with E-state index in [4.69, 9.17) is 4.74 Å². The van der Waals surface area contributed by atoms with Crippen LogP contribution in [0.25, 0.3) is 10.9 Å². The summed E-state index contributed by atoms with van der Waals surface area (Å²) in [7, 11) is 0. The van der Waals surface area contributed by atoms with Gasteiger partial charge in [0.25, 0.3) is 5.91 Å². The van der Waals surface area contributed by atoms with E-state index in [-0.39, 0.29) is 11.7 Å². The standard InChI is InChI=1S/C28H35FN4O2/c1-4-35-26-15-23(29)8-7-21(26)16-31-25-14-22(28(34)32-11-9-30-10-12-32)13-24-18(2)19(3)33(27(24)25)17-20-5-6-20/h7-8,13-15,20,30-31H,4-6,9-12,16-17H2,1-3H3. The summed E-state index contributed by atoms with van der Waals surface area (Å²) in [6, 6.07) is 8.73. The summed E-state index contributed by atoms with van der Waals surface area (Å²) >= 11 is 0. The van der Waals surface area contributed by atoms with Crippen molar-refractivity contribution < 1.29 is 13.9 Å². The first-order chi connectivity index (χ1) is 17.0. The summed E-state index contributed by atoms with van der Waals surface area (Å²) in [6.45, 7) is 11.2. The van der Waals surface area contributed by atoms with Crippen LogP contribution in [0, 0.1) is 25.6 Å². The van der Waals surface area contributed by atoms with Gasteiger partial charge in [-0.25, -0.2) is 4.39 Å². The molecular formula is C28H35FN4O2. The number of halogens is 1. The molecule has 2 heterocycles. The molecule has 2 aliphatic rings. The van der Waals surface area contributed by atoms with E-state index < -0.39 is 0 Å². The Labute approximate surface area is 206 Å². The van der Waals surface area contributed by atoms with Crippen molar-refractivity contribution in [3.8, 4) is 5.75 Å². The molecule has 0 bridgehead atoms. The molecule has 1 aliphatic heterocycles. The lowest BCUT2D eigenvalue weighted by Crippen LogP contribution is -2.46. The van der Waals surface area contributed by atoms with Crippen molar-refractivity contribution in [2.75, 3.05) is 38.1 Å². The number of hydrogen-bond donors (Lipinski definition) is 2. The molecule has 186 valence electrons. The van der Waals surface area contributed by atoms with Crippen LogP contribution in [-0.4, -0.2) is 48.2 Å². The van der Waals surface area contributed by atoms with Gasteiger partial charge in [0.05, 0.1) is 17.8 Å². The summed E-state index contributed by atoms with van der Waals surface area (Å²) in [4.78, 5) is 15.4. The number of carbonyl (C=O) groups excluding carboxylic acids is 1. The van der Waals surface area contributed by atoms with Gasteiger partial charge in [0.1, 0.15) is 11.6 Å². The summed E-state index contributed by atoms with van der Waals surface area (Å²) in [5.74, 6) is 1.03. The highest BCUT2D eigenvalue weighted by Crippen LogP contribution is 2.38. The summed E-state index contributed by atoms with van der Waals surface area (Å²) < 4.78 is 21.9. The van der Waals surface area contributed by atoms with Crippen LogP contribution in [0.15, 0.2) is 30.3 Å². The van der Waals surface area contributed by atoms with Crippen LogP contribution in [0.3, 0.4) is 0 Å².